The fourth-order valence-corrected chi connectivity index (χ4v) is 21.2. The molecule has 1 aromatic carbocycles. The van der Waals surface area contributed by atoms with Gasteiger partial charge in [0.25, 0.3) is 22.9 Å². The van der Waals surface area contributed by atoms with Crippen molar-refractivity contribution in [3.63, 3.8) is 0 Å². The Labute approximate surface area is 695 Å². The van der Waals surface area contributed by atoms with Crippen molar-refractivity contribution >= 4 is 78.8 Å². The van der Waals surface area contributed by atoms with Crippen LogP contribution in [0.25, 0.3) is 43.5 Å². The normalized spacial score (nSPS) is 13.8. The largest absolute Gasteiger partial charge is 0.307 e. The standard InChI is InChI=1S/C103H158N4O4S2/c1-11-17-23-29-35-38-40-42-48-52-58-64-81(63-57-51-43-32-26-20-14-4)105-91-76-84-90(75-85(91)97(101(105)109)95-73-71-92(112-95)79(9)10)104(77-80(61-55-49-46-37-31-25-19-13-3)62-56-50-47-41-39-36-30-24-18-12-2)100(108)96(84)94-74-72-93(113-94)89-70-69-88-83(66-60-54-45-34-28-22-16-6)98-99(103(111)107(88)89)82(65-59-53-44-33-27-21-15-5)87-68-67-86(78(7)8)106(87)102(98)110/h67-76,78-81H,11-66,77H2,1-10H3. The third-order valence-corrected chi connectivity index (χ3v) is 28.4. The topological polar surface area (TPSA) is 83.6 Å². The molecule has 0 fully saturated rings. The molecule has 0 spiro atoms. The Morgan fingerprint density at radius 1 is 0.327 bits per heavy atom. The first-order chi connectivity index (χ1) is 55.3. The van der Waals surface area contributed by atoms with Crippen LogP contribution in [0.2, 0.25) is 0 Å². The van der Waals surface area contributed by atoms with E-state index < -0.39 is 0 Å². The highest BCUT2D eigenvalue weighted by atomic mass is 32.1. The van der Waals surface area contributed by atoms with E-state index in [0.717, 1.165) is 165 Å². The fraction of sp³-hybridized carbons (Fsp3) is 0.689. The summed E-state index contributed by atoms with van der Waals surface area (Å²) in [4.78, 5) is 73.6. The second-order valence-corrected chi connectivity index (χ2v) is 38.1. The summed E-state index contributed by atoms with van der Waals surface area (Å²) in [7, 11) is 0. The van der Waals surface area contributed by atoms with Crippen LogP contribution in [0, 0.1) is 5.92 Å². The molecule has 2 aliphatic rings. The SMILES string of the molecule is CCCCCCCCCCCCCC(CCCCCCCCC)N1C(=O)C(c2ccc(C(C)C)s2)=c2cc3c(cc21)=C(c1ccc(-c2ccc4c(CCCCCCCCC)c5c(=O)n6c(C(C)C)ccc6c(CCCCCCCCC)c5c(=O)n24)s1)C(=O)N3CC(CCCCCCCCCC)CCCCCCCCCCCC. The van der Waals surface area contributed by atoms with E-state index in [9.17, 15) is 0 Å². The molecule has 6 aromatic heterocycles. The second kappa shape index (κ2) is 50.4. The highest BCUT2D eigenvalue weighted by Crippen LogP contribution is 2.42. The van der Waals surface area contributed by atoms with Crippen molar-refractivity contribution in [1.82, 2.24) is 8.80 Å². The van der Waals surface area contributed by atoms with Gasteiger partial charge in [-0.3, -0.25) is 28.0 Å². The van der Waals surface area contributed by atoms with Crippen LogP contribution in [0.4, 0.5) is 11.4 Å². The molecule has 8 heterocycles. The first-order valence-corrected chi connectivity index (χ1v) is 49.8. The van der Waals surface area contributed by atoms with E-state index in [1.807, 2.05) is 8.80 Å². The van der Waals surface area contributed by atoms with Crippen LogP contribution in [0.15, 0.2) is 70.3 Å². The molecule has 113 heavy (non-hydrogen) atoms. The van der Waals surface area contributed by atoms with Gasteiger partial charge < -0.3 is 9.80 Å². The number of pyridine rings is 2. The molecule has 9 rings (SSSR count). The smallest absolute Gasteiger partial charge is 0.264 e. The summed E-state index contributed by atoms with van der Waals surface area (Å²) in [6.45, 7) is 23.3. The van der Waals surface area contributed by atoms with E-state index in [1.54, 1.807) is 22.7 Å². The van der Waals surface area contributed by atoms with Gasteiger partial charge >= 0.3 is 0 Å². The van der Waals surface area contributed by atoms with Crippen LogP contribution in [0.5, 0.6) is 0 Å². The van der Waals surface area contributed by atoms with Gasteiger partial charge in [0.15, 0.2) is 0 Å². The zero-order valence-corrected chi connectivity index (χ0v) is 75.3. The summed E-state index contributed by atoms with van der Waals surface area (Å²) < 4.78 is 3.97. The quantitative estimate of drug-likeness (QED) is 0.0356. The van der Waals surface area contributed by atoms with Crippen LogP contribution in [0.1, 0.15) is 459 Å². The maximum atomic E-state index is 16.6. The van der Waals surface area contributed by atoms with Crippen molar-refractivity contribution in [2.45, 2.75) is 447 Å². The summed E-state index contributed by atoms with van der Waals surface area (Å²) in [5, 5.41) is 3.15. The van der Waals surface area contributed by atoms with Gasteiger partial charge in [-0.15, -0.1) is 22.7 Å². The van der Waals surface area contributed by atoms with Crippen molar-refractivity contribution in [2.24, 2.45) is 5.92 Å². The molecule has 10 heteroatoms. The summed E-state index contributed by atoms with van der Waals surface area (Å²) in [6.07, 6.45) is 67.9. The van der Waals surface area contributed by atoms with Crippen molar-refractivity contribution in [1.29, 1.82) is 0 Å². The Balaban J connectivity index is 1.18. The lowest BCUT2D eigenvalue weighted by Gasteiger charge is -2.30. The number of aromatic nitrogens is 2. The van der Waals surface area contributed by atoms with E-state index in [1.165, 1.54) is 281 Å². The molecule has 2 atom stereocenters. The van der Waals surface area contributed by atoms with E-state index in [2.05, 4.69) is 140 Å². The maximum absolute atomic E-state index is 16.6. The van der Waals surface area contributed by atoms with Crippen molar-refractivity contribution in [3.05, 3.63) is 123 Å². The number of carbonyl (C=O) groups excluding carboxylic acids is 2. The fourth-order valence-electron chi connectivity index (χ4n) is 19.1. The zero-order valence-electron chi connectivity index (χ0n) is 73.6. The minimum Gasteiger partial charge on any atom is -0.307 e. The lowest BCUT2D eigenvalue weighted by molar-refractivity contribution is -0.114. The number of hydrogen-bond donors (Lipinski definition) is 0. The number of anilines is 2. The molecule has 0 aliphatic carbocycles. The van der Waals surface area contributed by atoms with Gasteiger partial charge in [-0.2, -0.15) is 0 Å². The van der Waals surface area contributed by atoms with E-state index >= 15 is 19.2 Å². The van der Waals surface area contributed by atoms with E-state index in [4.69, 9.17) is 0 Å². The van der Waals surface area contributed by atoms with Gasteiger partial charge in [-0.1, -0.05) is 377 Å². The number of benzene rings is 1. The molecule has 2 amide bonds. The number of rotatable bonds is 64. The molecule has 7 aromatic rings. The van der Waals surface area contributed by atoms with Gasteiger partial charge in [-0.05, 0) is 141 Å². The predicted octanol–water partition coefficient (Wildman–Crippen LogP) is 29.9. The van der Waals surface area contributed by atoms with Crippen molar-refractivity contribution in [2.75, 3.05) is 16.3 Å². The van der Waals surface area contributed by atoms with Gasteiger partial charge in [0.05, 0.1) is 54.9 Å². The molecule has 0 radical (unpaired) electrons. The minimum atomic E-state index is -0.109. The molecule has 8 nitrogen and oxygen atoms in total. The lowest BCUT2D eigenvalue weighted by Crippen LogP contribution is -2.39. The number of aryl methyl sites for hydroxylation is 2. The number of amides is 2. The Bertz CT molecular complexity index is 4200. The molecule has 0 saturated carbocycles. The molecule has 0 N–H and O–H groups in total. The molecule has 2 unspecified atom stereocenters. The predicted molar refractivity (Wildman–Crippen MR) is 494 cm³/mol. The number of nitrogens with zero attached hydrogens (tertiary/aromatic N) is 4. The van der Waals surface area contributed by atoms with Gasteiger partial charge in [-0.25, -0.2) is 0 Å². The minimum absolute atomic E-state index is 0.0353. The molecule has 0 bridgehead atoms. The van der Waals surface area contributed by atoms with E-state index in [0.29, 0.717) is 29.2 Å². The van der Waals surface area contributed by atoms with Crippen molar-refractivity contribution in [3.8, 4) is 10.6 Å². The molecular formula is C103H158N4O4S2. The number of thiophene rings is 2. The molecule has 626 valence electrons. The first-order valence-electron chi connectivity index (χ1n) is 48.1. The third kappa shape index (κ3) is 25.8. The monoisotopic (exact) mass is 1580 g/mol. The Morgan fingerprint density at radius 3 is 1.12 bits per heavy atom. The first kappa shape index (κ1) is 91.6. The van der Waals surface area contributed by atoms with Crippen molar-refractivity contribution < 1.29 is 9.59 Å². The average Bonchev–Trinajstić information content (AvgIpc) is 1.56. The third-order valence-electron chi connectivity index (χ3n) is 25.9. The van der Waals surface area contributed by atoms with Crippen LogP contribution >= 0.6 is 22.7 Å². The number of carbonyl (C=O) groups is 2. The molecular weight excluding hydrogens is 1420 g/mol. The summed E-state index contributed by atoms with van der Waals surface area (Å²) in [6, 6.07) is 22.1. The van der Waals surface area contributed by atoms with Gasteiger partial charge in [0, 0.05) is 43.3 Å². The van der Waals surface area contributed by atoms with Crippen LogP contribution in [-0.2, 0) is 22.4 Å². The molecule has 0 saturated heterocycles. The number of fused-ring (bicyclic) bond motifs is 5. The van der Waals surface area contributed by atoms with Crippen LogP contribution in [-0.4, -0.2) is 33.2 Å². The summed E-state index contributed by atoms with van der Waals surface area (Å²) >= 11 is 3.41. The Hall–Kier alpha value is -5.32. The summed E-state index contributed by atoms with van der Waals surface area (Å²) in [5.74, 6) is 0.983. The maximum Gasteiger partial charge on any atom is 0.264 e. The highest BCUT2D eigenvalue weighted by Gasteiger charge is 2.40. The van der Waals surface area contributed by atoms with Gasteiger partial charge in [0.2, 0.25) is 0 Å². The Morgan fingerprint density at radius 2 is 0.681 bits per heavy atom. The van der Waals surface area contributed by atoms with E-state index in [-0.39, 0.29) is 34.9 Å². The second-order valence-electron chi connectivity index (χ2n) is 35.9. The lowest BCUT2D eigenvalue weighted by atomic mass is 9.93. The van der Waals surface area contributed by atoms with Crippen LogP contribution < -0.4 is 31.4 Å². The average molecular weight is 1580 g/mol. The summed E-state index contributed by atoms with van der Waals surface area (Å²) in [5.41, 5.74) is 8.83. The Kier molecular flexibility index (Phi) is 40.9. The molecule has 2 aliphatic heterocycles. The van der Waals surface area contributed by atoms with Gasteiger partial charge in [0.1, 0.15) is 0 Å². The zero-order chi connectivity index (χ0) is 80.1. The number of hydrogen-bond acceptors (Lipinski definition) is 6. The highest BCUT2D eigenvalue weighted by molar-refractivity contribution is 7.17. The van der Waals surface area contributed by atoms with Crippen LogP contribution in [0.3, 0.4) is 0 Å². The number of unbranched alkanes of at least 4 members (excludes halogenated alkanes) is 44.